The van der Waals surface area contributed by atoms with E-state index in [2.05, 4.69) is 32.8 Å². The molecule has 1 aromatic heterocycles. The summed E-state index contributed by atoms with van der Waals surface area (Å²) in [6.45, 7) is 2.10. The van der Waals surface area contributed by atoms with Crippen LogP contribution in [0.4, 0.5) is 4.39 Å². The molecular formula is C12H15BrFN3. The summed E-state index contributed by atoms with van der Waals surface area (Å²) in [7, 11) is 0. The number of nitrogens with zero attached hydrogens (tertiary/aromatic N) is 1. The molecule has 5 heteroatoms. The maximum atomic E-state index is 13.3. The molecule has 1 heterocycles. The van der Waals surface area contributed by atoms with Crippen LogP contribution >= 0.6 is 15.9 Å². The fraction of sp³-hybridized carbons (Fsp3) is 0.417. The van der Waals surface area contributed by atoms with E-state index in [0.29, 0.717) is 16.4 Å². The lowest BCUT2D eigenvalue weighted by atomic mass is 10.1. The zero-order valence-corrected chi connectivity index (χ0v) is 11.2. The molecule has 3 N–H and O–H groups in total. The largest absolute Gasteiger partial charge is 0.342 e. The van der Waals surface area contributed by atoms with Crippen molar-refractivity contribution in [3.63, 3.8) is 0 Å². The first-order valence-corrected chi connectivity index (χ1v) is 6.48. The molecule has 1 aromatic carbocycles. The van der Waals surface area contributed by atoms with E-state index in [9.17, 15) is 4.39 Å². The second-order valence-electron chi connectivity index (χ2n) is 4.22. The summed E-state index contributed by atoms with van der Waals surface area (Å²) in [5.41, 5.74) is 7.43. The van der Waals surface area contributed by atoms with Crippen LogP contribution in [-0.4, -0.2) is 16.0 Å². The highest BCUT2D eigenvalue weighted by atomic mass is 79.9. The molecule has 3 nitrogen and oxygen atoms in total. The van der Waals surface area contributed by atoms with Gasteiger partial charge in [-0.1, -0.05) is 13.3 Å². The van der Waals surface area contributed by atoms with Gasteiger partial charge in [0.15, 0.2) is 0 Å². The van der Waals surface area contributed by atoms with E-state index >= 15 is 0 Å². The number of hydrogen-bond acceptors (Lipinski definition) is 2. The van der Waals surface area contributed by atoms with Gasteiger partial charge < -0.3 is 10.7 Å². The number of H-pyrrole nitrogens is 1. The molecule has 17 heavy (non-hydrogen) atoms. The first-order valence-electron chi connectivity index (χ1n) is 5.69. The zero-order chi connectivity index (χ0) is 12.4. The van der Waals surface area contributed by atoms with Crippen molar-refractivity contribution in [2.24, 2.45) is 5.73 Å². The molecule has 92 valence electrons. The Morgan fingerprint density at radius 1 is 1.53 bits per heavy atom. The number of hydrogen-bond donors (Lipinski definition) is 2. The Labute approximate surface area is 108 Å². The van der Waals surface area contributed by atoms with Crippen molar-refractivity contribution in [1.82, 2.24) is 9.97 Å². The van der Waals surface area contributed by atoms with Crippen LogP contribution in [0.2, 0.25) is 0 Å². The van der Waals surface area contributed by atoms with E-state index in [1.807, 2.05) is 0 Å². The Kier molecular flexibility index (Phi) is 3.79. The van der Waals surface area contributed by atoms with Crippen LogP contribution in [0, 0.1) is 5.82 Å². The summed E-state index contributed by atoms with van der Waals surface area (Å²) < 4.78 is 13.8. The normalized spacial score (nSPS) is 13.2. The highest BCUT2D eigenvalue weighted by Crippen LogP contribution is 2.22. The van der Waals surface area contributed by atoms with Crippen LogP contribution in [0.15, 0.2) is 16.6 Å². The average Bonchev–Trinajstić information content (AvgIpc) is 2.60. The Morgan fingerprint density at radius 2 is 2.29 bits per heavy atom. The Bertz CT molecular complexity index is 485. The monoisotopic (exact) mass is 299 g/mol. The second-order valence-corrected chi connectivity index (χ2v) is 5.07. The molecule has 0 spiro atoms. The number of imidazole rings is 1. The van der Waals surface area contributed by atoms with Gasteiger partial charge in [-0.3, -0.25) is 0 Å². The number of rotatable bonds is 4. The maximum Gasteiger partial charge on any atom is 0.139 e. The molecule has 0 aliphatic rings. The predicted molar refractivity (Wildman–Crippen MR) is 70.3 cm³/mol. The highest BCUT2D eigenvalue weighted by Gasteiger charge is 2.10. The zero-order valence-electron chi connectivity index (χ0n) is 9.63. The van der Waals surface area contributed by atoms with Gasteiger partial charge in [0.25, 0.3) is 0 Å². The van der Waals surface area contributed by atoms with Crippen molar-refractivity contribution >= 4 is 27.0 Å². The van der Waals surface area contributed by atoms with Gasteiger partial charge in [0.05, 0.1) is 15.5 Å². The number of halogens is 2. The molecule has 0 aliphatic carbocycles. The number of nitrogens with two attached hydrogens (primary N) is 1. The first kappa shape index (κ1) is 12.5. The van der Waals surface area contributed by atoms with E-state index in [-0.39, 0.29) is 11.9 Å². The van der Waals surface area contributed by atoms with Crippen molar-refractivity contribution in [1.29, 1.82) is 0 Å². The average molecular weight is 300 g/mol. The third kappa shape index (κ3) is 2.84. The van der Waals surface area contributed by atoms with Gasteiger partial charge in [0, 0.05) is 18.5 Å². The molecule has 2 aromatic rings. The third-order valence-corrected chi connectivity index (χ3v) is 3.30. The van der Waals surface area contributed by atoms with Gasteiger partial charge in [0.1, 0.15) is 11.6 Å². The maximum absolute atomic E-state index is 13.3. The van der Waals surface area contributed by atoms with Gasteiger partial charge in [-0.15, -0.1) is 0 Å². The minimum Gasteiger partial charge on any atom is -0.342 e. The van der Waals surface area contributed by atoms with Crippen LogP contribution in [0.1, 0.15) is 25.6 Å². The van der Waals surface area contributed by atoms with Gasteiger partial charge in [-0.25, -0.2) is 9.37 Å². The van der Waals surface area contributed by atoms with Crippen molar-refractivity contribution in [3.8, 4) is 0 Å². The molecule has 1 atom stereocenters. The molecule has 0 bridgehead atoms. The lowest BCUT2D eigenvalue weighted by Gasteiger charge is -2.06. The summed E-state index contributed by atoms with van der Waals surface area (Å²) in [4.78, 5) is 7.51. The second kappa shape index (κ2) is 5.14. The van der Waals surface area contributed by atoms with Crippen molar-refractivity contribution in [3.05, 3.63) is 28.2 Å². The van der Waals surface area contributed by atoms with E-state index in [1.54, 1.807) is 6.07 Å². The lowest BCUT2D eigenvalue weighted by Crippen LogP contribution is -2.22. The summed E-state index contributed by atoms with van der Waals surface area (Å²) in [6.07, 6.45) is 2.72. The highest BCUT2D eigenvalue weighted by molar-refractivity contribution is 9.10. The number of aromatic nitrogens is 2. The quantitative estimate of drug-likeness (QED) is 0.911. The molecule has 0 radical (unpaired) electrons. The molecule has 0 fully saturated rings. The number of nitrogens with one attached hydrogen (secondary N) is 1. The van der Waals surface area contributed by atoms with Gasteiger partial charge in [-0.05, 0) is 28.4 Å². The standard InChI is InChI=1S/C12H15BrFN3/c1-2-3-7(15)4-12-16-10-5-8(13)9(14)6-11(10)17-12/h5-7H,2-4,15H2,1H3,(H,16,17). The van der Waals surface area contributed by atoms with Crippen LogP contribution in [0.3, 0.4) is 0 Å². The van der Waals surface area contributed by atoms with E-state index in [0.717, 1.165) is 24.2 Å². The summed E-state index contributed by atoms with van der Waals surface area (Å²) in [5.74, 6) is 0.531. The fourth-order valence-corrected chi connectivity index (χ4v) is 2.21. The van der Waals surface area contributed by atoms with Crippen LogP contribution in [0.5, 0.6) is 0 Å². The lowest BCUT2D eigenvalue weighted by molar-refractivity contribution is 0.588. The smallest absolute Gasteiger partial charge is 0.139 e. The molecule has 0 saturated carbocycles. The van der Waals surface area contributed by atoms with Gasteiger partial charge in [-0.2, -0.15) is 0 Å². The van der Waals surface area contributed by atoms with Crippen LogP contribution in [0.25, 0.3) is 11.0 Å². The summed E-state index contributed by atoms with van der Waals surface area (Å²) in [6, 6.07) is 3.23. The molecule has 0 aliphatic heterocycles. The Morgan fingerprint density at radius 3 is 3.00 bits per heavy atom. The topological polar surface area (TPSA) is 54.7 Å². The molecule has 1 unspecified atom stereocenters. The van der Waals surface area contributed by atoms with E-state index in [4.69, 9.17) is 5.73 Å². The summed E-state index contributed by atoms with van der Waals surface area (Å²) >= 11 is 3.15. The van der Waals surface area contributed by atoms with Gasteiger partial charge >= 0.3 is 0 Å². The molecule has 0 saturated heterocycles. The minimum absolute atomic E-state index is 0.105. The number of fused-ring (bicyclic) bond motifs is 1. The Balaban J connectivity index is 2.25. The number of aromatic amines is 1. The molecule has 0 amide bonds. The SMILES string of the molecule is CCCC(N)Cc1nc2cc(Br)c(F)cc2[nH]1. The first-order chi connectivity index (χ1) is 8.10. The van der Waals surface area contributed by atoms with Crippen LogP contribution < -0.4 is 5.73 Å². The minimum atomic E-state index is -0.287. The predicted octanol–water partition coefficient (Wildman–Crippen LogP) is 3.13. The van der Waals surface area contributed by atoms with Crippen molar-refractivity contribution in [2.75, 3.05) is 0 Å². The number of benzene rings is 1. The van der Waals surface area contributed by atoms with E-state index < -0.39 is 0 Å². The Hall–Kier alpha value is -0.940. The summed E-state index contributed by atoms with van der Waals surface area (Å²) in [5, 5.41) is 0. The van der Waals surface area contributed by atoms with Crippen LogP contribution in [-0.2, 0) is 6.42 Å². The molecule has 2 rings (SSSR count). The molecular weight excluding hydrogens is 285 g/mol. The van der Waals surface area contributed by atoms with Crippen molar-refractivity contribution < 1.29 is 4.39 Å². The van der Waals surface area contributed by atoms with Gasteiger partial charge in [0.2, 0.25) is 0 Å². The van der Waals surface area contributed by atoms with Crippen molar-refractivity contribution in [2.45, 2.75) is 32.2 Å². The third-order valence-electron chi connectivity index (χ3n) is 2.69. The fourth-order valence-electron chi connectivity index (χ4n) is 1.88. The van der Waals surface area contributed by atoms with E-state index in [1.165, 1.54) is 6.07 Å².